The first-order valence-corrected chi connectivity index (χ1v) is 7.20. The van der Waals surface area contributed by atoms with E-state index in [-0.39, 0.29) is 0 Å². The normalized spacial score (nSPS) is 20.6. The number of phenolic OH excluding ortho intramolecular Hbond substituents is 1. The standard InChI is InChI=1S/C17H18N2O/c20-14-5-6-16-13(10-14)9-12-3-1-2-4-15(12)17-11-18-7-8-19(16)17/h1-6,10,17-18,20H,7-9,11H2. The van der Waals surface area contributed by atoms with Crippen LogP contribution >= 0.6 is 0 Å². The van der Waals surface area contributed by atoms with Crippen molar-refractivity contribution in [1.82, 2.24) is 5.32 Å². The van der Waals surface area contributed by atoms with Crippen LogP contribution in [0, 0.1) is 0 Å². The Bertz CT molecular complexity index is 653. The first kappa shape index (κ1) is 11.8. The average Bonchev–Trinajstić information content (AvgIpc) is 2.61. The second-order valence-electron chi connectivity index (χ2n) is 5.60. The van der Waals surface area contributed by atoms with E-state index in [1.54, 1.807) is 6.07 Å². The van der Waals surface area contributed by atoms with Gasteiger partial charge in [-0.05, 0) is 41.3 Å². The van der Waals surface area contributed by atoms with Crippen LogP contribution in [0.15, 0.2) is 42.5 Å². The summed E-state index contributed by atoms with van der Waals surface area (Å²) in [7, 11) is 0. The van der Waals surface area contributed by atoms with Crippen molar-refractivity contribution in [3.8, 4) is 5.75 Å². The number of phenols is 1. The Kier molecular flexibility index (Phi) is 2.67. The number of fused-ring (bicyclic) bond motifs is 5. The number of nitrogens with one attached hydrogen (secondary N) is 1. The van der Waals surface area contributed by atoms with Gasteiger partial charge in [0.05, 0.1) is 6.04 Å². The summed E-state index contributed by atoms with van der Waals surface area (Å²) in [6.45, 7) is 3.01. The van der Waals surface area contributed by atoms with E-state index in [1.807, 2.05) is 6.07 Å². The number of nitrogens with zero attached hydrogens (tertiary/aromatic N) is 1. The van der Waals surface area contributed by atoms with Gasteiger partial charge >= 0.3 is 0 Å². The number of aromatic hydroxyl groups is 1. The lowest BCUT2D eigenvalue weighted by atomic mass is 9.96. The summed E-state index contributed by atoms with van der Waals surface area (Å²) in [6.07, 6.45) is 0.896. The molecule has 0 aromatic heterocycles. The van der Waals surface area contributed by atoms with Gasteiger partial charge in [0.15, 0.2) is 0 Å². The van der Waals surface area contributed by atoms with Crippen molar-refractivity contribution >= 4 is 5.69 Å². The van der Waals surface area contributed by atoms with Gasteiger partial charge in [0.2, 0.25) is 0 Å². The lowest BCUT2D eigenvalue weighted by Gasteiger charge is -2.38. The summed E-state index contributed by atoms with van der Waals surface area (Å²) in [4.78, 5) is 2.48. The lowest BCUT2D eigenvalue weighted by molar-refractivity contribution is 0.473. The van der Waals surface area contributed by atoms with Crippen LogP contribution in [-0.2, 0) is 6.42 Å². The Morgan fingerprint density at radius 2 is 2.00 bits per heavy atom. The van der Waals surface area contributed by atoms with Crippen molar-refractivity contribution in [2.24, 2.45) is 0 Å². The van der Waals surface area contributed by atoms with Crippen LogP contribution in [0.25, 0.3) is 0 Å². The van der Waals surface area contributed by atoms with Crippen molar-refractivity contribution < 1.29 is 5.11 Å². The molecule has 2 aliphatic rings. The first-order chi connectivity index (χ1) is 9.83. The Labute approximate surface area is 118 Å². The van der Waals surface area contributed by atoms with Crippen molar-refractivity contribution in [3.63, 3.8) is 0 Å². The molecule has 0 saturated carbocycles. The zero-order valence-electron chi connectivity index (χ0n) is 11.3. The van der Waals surface area contributed by atoms with Crippen molar-refractivity contribution in [2.75, 3.05) is 24.5 Å². The number of benzene rings is 2. The molecule has 1 saturated heterocycles. The SMILES string of the molecule is Oc1ccc2c(c1)Cc1ccccc1C1CNCCN21. The predicted molar refractivity (Wildman–Crippen MR) is 80.3 cm³/mol. The second kappa shape index (κ2) is 4.53. The summed E-state index contributed by atoms with van der Waals surface area (Å²) in [6, 6.07) is 14.9. The van der Waals surface area contributed by atoms with E-state index in [1.165, 1.54) is 22.4 Å². The minimum absolute atomic E-state index is 0.356. The maximum atomic E-state index is 9.79. The third-order valence-corrected chi connectivity index (χ3v) is 4.41. The number of piperazine rings is 1. The topological polar surface area (TPSA) is 35.5 Å². The van der Waals surface area contributed by atoms with Crippen LogP contribution in [0.2, 0.25) is 0 Å². The van der Waals surface area contributed by atoms with E-state index in [2.05, 4.69) is 40.5 Å². The molecule has 20 heavy (non-hydrogen) atoms. The van der Waals surface area contributed by atoms with Gasteiger partial charge < -0.3 is 15.3 Å². The molecule has 3 nitrogen and oxygen atoms in total. The molecule has 2 aliphatic heterocycles. The third-order valence-electron chi connectivity index (χ3n) is 4.41. The summed E-state index contributed by atoms with van der Waals surface area (Å²) in [5, 5.41) is 13.3. The molecule has 2 aromatic rings. The number of hydrogen-bond donors (Lipinski definition) is 2. The zero-order chi connectivity index (χ0) is 13.5. The predicted octanol–water partition coefficient (Wildman–Crippen LogP) is 2.45. The summed E-state index contributed by atoms with van der Waals surface area (Å²) in [5.41, 5.74) is 5.28. The van der Waals surface area contributed by atoms with E-state index < -0.39 is 0 Å². The highest BCUT2D eigenvalue weighted by atomic mass is 16.3. The molecule has 0 spiro atoms. The fraction of sp³-hybridized carbons (Fsp3) is 0.294. The monoisotopic (exact) mass is 266 g/mol. The number of hydrogen-bond acceptors (Lipinski definition) is 3. The van der Waals surface area contributed by atoms with Crippen LogP contribution in [0.1, 0.15) is 22.7 Å². The van der Waals surface area contributed by atoms with E-state index in [9.17, 15) is 5.11 Å². The van der Waals surface area contributed by atoms with E-state index in [4.69, 9.17) is 0 Å². The highest BCUT2D eigenvalue weighted by Crippen LogP contribution is 2.38. The minimum Gasteiger partial charge on any atom is -0.508 e. The second-order valence-corrected chi connectivity index (χ2v) is 5.60. The van der Waals surface area contributed by atoms with Gasteiger partial charge in [-0.15, -0.1) is 0 Å². The molecular weight excluding hydrogens is 248 g/mol. The first-order valence-electron chi connectivity index (χ1n) is 7.20. The largest absolute Gasteiger partial charge is 0.508 e. The van der Waals surface area contributed by atoms with Crippen molar-refractivity contribution in [3.05, 3.63) is 59.2 Å². The highest BCUT2D eigenvalue weighted by Gasteiger charge is 2.30. The van der Waals surface area contributed by atoms with Crippen LogP contribution in [0.4, 0.5) is 5.69 Å². The molecule has 4 rings (SSSR count). The van der Waals surface area contributed by atoms with Crippen LogP contribution < -0.4 is 10.2 Å². The molecule has 1 atom stereocenters. The Balaban J connectivity index is 1.92. The lowest BCUT2D eigenvalue weighted by Crippen LogP contribution is -2.46. The fourth-order valence-electron chi connectivity index (χ4n) is 3.49. The number of rotatable bonds is 0. The molecule has 1 unspecified atom stereocenters. The fourth-order valence-corrected chi connectivity index (χ4v) is 3.49. The zero-order valence-corrected chi connectivity index (χ0v) is 11.3. The maximum absolute atomic E-state index is 9.79. The quantitative estimate of drug-likeness (QED) is 0.769. The molecular formula is C17H18N2O. The summed E-state index contributed by atoms with van der Waals surface area (Å²) in [5.74, 6) is 0.356. The van der Waals surface area contributed by atoms with Crippen LogP contribution in [0.5, 0.6) is 5.75 Å². The van der Waals surface area contributed by atoms with Crippen molar-refractivity contribution in [2.45, 2.75) is 12.5 Å². The highest BCUT2D eigenvalue weighted by molar-refractivity contribution is 5.62. The van der Waals surface area contributed by atoms with Gasteiger partial charge in [-0.3, -0.25) is 0 Å². The third kappa shape index (κ3) is 1.78. The van der Waals surface area contributed by atoms with E-state index in [0.717, 1.165) is 26.1 Å². The molecule has 102 valence electrons. The van der Waals surface area contributed by atoms with Gasteiger partial charge in [-0.25, -0.2) is 0 Å². The number of anilines is 1. The minimum atomic E-state index is 0.356. The smallest absolute Gasteiger partial charge is 0.116 e. The average molecular weight is 266 g/mol. The van der Waals surface area contributed by atoms with Gasteiger partial charge in [0, 0.05) is 25.3 Å². The Morgan fingerprint density at radius 1 is 1.10 bits per heavy atom. The van der Waals surface area contributed by atoms with Gasteiger partial charge in [-0.2, -0.15) is 0 Å². The van der Waals surface area contributed by atoms with Gasteiger partial charge in [0.1, 0.15) is 5.75 Å². The van der Waals surface area contributed by atoms with Gasteiger partial charge in [-0.1, -0.05) is 24.3 Å². The van der Waals surface area contributed by atoms with Crippen LogP contribution in [0.3, 0.4) is 0 Å². The molecule has 1 fully saturated rings. The Morgan fingerprint density at radius 3 is 2.95 bits per heavy atom. The summed E-state index contributed by atoms with van der Waals surface area (Å²) >= 11 is 0. The van der Waals surface area contributed by atoms with E-state index in [0.29, 0.717) is 11.8 Å². The maximum Gasteiger partial charge on any atom is 0.116 e. The van der Waals surface area contributed by atoms with Crippen molar-refractivity contribution in [1.29, 1.82) is 0 Å². The molecule has 2 heterocycles. The summed E-state index contributed by atoms with van der Waals surface area (Å²) < 4.78 is 0. The Hall–Kier alpha value is -2.00. The molecule has 0 aliphatic carbocycles. The van der Waals surface area contributed by atoms with E-state index >= 15 is 0 Å². The van der Waals surface area contributed by atoms with Crippen LogP contribution in [-0.4, -0.2) is 24.7 Å². The van der Waals surface area contributed by atoms with Gasteiger partial charge in [0.25, 0.3) is 0 Å². The molecule has 2 aromatic carbocycles. The molecule has 2 N–H and O–H groups in total. The molecule has 0 bridgehead atoms. The molecule has 0 amide bonds. The molecule has 3 heteroatoms. The molecule has 0 radical (unpaired) electrons.